The molecular weight excluding hydrogens is 391 g/mol. The number of nitrogens with zero attached hydrogens (tertiary/aromatic N) is 3. The molecule has 2 aromatic rings. The van der Waals surface area contributed by atoms with E-state index in [1.54, 1.807) is 23.1 Å². The van der Waals surface area contributed by atoms with Crippen LogP contribution < -0.4 is 4.90 Å². The molecule has 1 aromatic heterocycles. The number of hydrogen-bond donors (Lipinski definition) is 0. The number of rotatable bonds is 3. The molecule has 1 fully saturated rings. The molecular formula is C16H15ClF3N3O2S. The Morgan fingerprint density at radius 3 is 2.19 bits per heavy atom. The second-order valence-corrected chi connectivity index (χ2v) is 8.08. The van der Waals surface area contributed by atoms with Crippen LogP contribution in [-0.4, -0.2) is 43.9 Å². The Kier molecular flexibility index (Phi) is 5.14. The zero-order valence-corrected chi connectivity index (χ0v) is 15.0. The van der Waals surface area contributed by atoms with Crippen molar-refractivity contribution >= 4 is 27.4 Å². The van der Waals surface area contributed by atoms with Crippen LogP contribution in [0.4, 0.5) is 19.0 Å². The Balaban J connectivity index is 1.73. The van der Waals surface area contributed by atoms with Crippen molar-refractivity contribution in [2.75, 3.05) is 31.1 Å². The molecule has 140 valence electrons. The first-order valence-electron chi connectivity index (χ1n) is 7.72. The highest BCUT2D eigenvalue weighted by molar-refractivity contribution is 7.89. The van der Waals surface area contributed by atoms with Gasteiger partial charge in [-0.3, -0.25) is 0 Å². The minimum atomic E-state index is -4.52. The van der Waals surface area contributed by atoms with Gasteiger partial charge in [-0.15, -0.1) is 0 Å². The Bertz CT molecular complexity index is 883. The molecule has 0 unspecified atom stereocenters. The number of piperazine rings is 1. The molecule has 0 spiro atoms. The molecule has 1 saturated heterocycles. The van der Waals surface area contributed by atoms with Crippen molar-refractivity contribution in [1.29, 1.82) is 0 Å². The lowest BCUT2D eigenvalue weighted by molar-refractivity contribution is -0.137. The zero-order chi connectivity index (χ0) is 18.9. The minimum Gasteiger partial charge on any atom is -0.353 e. The SMILES string of the molecule is O=S(=O)(c1ccccc1)N1CCN(c2ncc(C(F)(F)F)cc2Cl)CC1. The second kappa shape index (κ2) is 7.05. The predicted molar refractivity (Wildman–Crippen MR) is 91.7 cm³/mol. The van der Waals surface area contributed by atoms with Crippen molar-refractivity contribution in [3.8, 4) is 0 Å². The lowest BCUT2D eigenvalue weighted by atomic mass is 10.2. The van der Waals surface area contributed by atoms with E-state index in [1.165, 1.54) is 16.4 Å². The summed E-state index contributed by atoms with van der Waals surface area (Å²) in [5.74, 6) is 0.219. The smallest absolute Gasteiger partial charge is 0.353 e. The van der Waals surface area contributed by atoms with Gasteiger partial charge in [-0.05, 0) is 18.2 Å². The molecule has 0 N–H and O–H groups in total. The molecule has 10 heteroatoms. The summed E-state index contributed by atoms with van der Waals surface area (Å²) in [6, 6.07) is 8.91. The van der Waals surface area contributed by atoms with E-state index in [0.29, 0.717) is 0 Å². The first-order chi connectivity index (χ1) is 12.2. The van der Waals surface area contributed by atoms with Crippen LogP contribution in [0.1, 0.15) is 5.56 Å². The number of sulfonamides is 1. The Morgan fingerprint density at radius 2 is 1.65 bits per heavy atom. The summed E-state index contributed by atoms with van der Waals surface area (Å²) in [5.41, 5.74) is -0.920. The summed E-state index contributed by atoms with van der Waals surface area (Å²) in [4.78, 5) is 5.71. The van der Waals surface area contributed by atoms with Crippen molar-refractivity contribution in [3.05, 3.63) is 53.2 Å². The van der Waals surface area contributed by atoms with Gasteiger partial charge in [0, 0.05) is 32.4 Å². The lowest BCUT2D eigenvalue weighted by Crippen LogP contribution is -2.49. The van der Waals surface area contributed by atoms with E-state index in [-0.39, 0.29) is 41.9 Å². The number of hydrogen-bond acceptors (Lipinski definition) is 4. The first-order valence-corrected chi connectivity index (χ1v) is 9.54. The van der Waals surface area contributed by atoms with E-state index >= 15 is 0 Å². The Labute approximate surface area is 154 Å². The molecule has 2 heterocycles. The summed E-state index contributed by atoms with van der Waals surface area (Å²) in [6.45, 7) is 0.945. The number of aromatic nitrogens is 1. The third kappa shape index (κ3) is 3.79. The number of benzene rings is 1. The lowest BCUT2D eigenvalue weighted by Gasteiger charge is -2.35. The summed E-state index contributed by atoms with van der Waals surface area (Å²) >= 11 is 5.95. The number of halogens is 4. The fourth-order valence-corrected chi connectivity index (χ4v) is 4.43. The van der Waals surface area contributed by atoms with Gasteiger partial charge in [0.05, 0.1) is 15.5 Å². The zero-order valence-electron chi connectivity index (χ0n) is 13.4. The number of anilines is 1. The molecule has 1 aliphatic heterocycles. The molecule has 1 aromatic carbocycles. The van der Waals surface area contributed by atoms with Crippen LogP contribution in [0.25, 0.3) is 0 Å². The average molecular weight is 406 g/mol. The maximum atomic E-state index is 12.7. The monoisotopic (exact) mass is 405 g/mol. The molecule has 1 aliphatic rings. The van der Waals surface area contributed by atoms with E-state index in [9.17, 15) is 21.6 Å². The van der Waals surface area contributed by atoms with Crippen LogP contribution in [0.3, 0.4) is 0 Å². The van der Waals surface area contributed by atoms with Gasteiger partial charge in [0.25, 0.3) is 0 Å². The summed E-state index contributed by atoms with van der Waals surface area (Å²) in [7, 11) is -3.60. The van der Waals surface area contributed by atoms with Gasteiger partial charge in [0.2, 0.25) is 10.0 Å². The first kappa shape index (κ1) is 18.9. The van der Waals surface area contributed by atoms with E-state index in [4.69, 9.17) is 11.6 Å². The molecule has 5 nitrogen and oxygen atoms in total. The van der Waals surface area contributed by atoms with E-state index in [1.807, 2.05) is 0 Å². The van der Waals surface area contributed by atoms with E-state index in [2.05, 4.69) is 4.98 Å². The summed E-state index contributed by atoms with van der Waals surface area (Å²) < 4.78 is 64.6. The maximum absolute atomic E-state index is 12.7. The Morgan fingerprint density at radius 1 is 1.04 bits per heavy atom. The predicted octanol–water partition coefficient (Wildman–Crippen LogP) is 3.26. The quantitative estimate of drug-likeness (QED) is 0.786. The van der Waals surface area contributed by atoms with Gasteiger partial charge in [0.1, 0.15) is 5.82 Å². The van der Waals surface area contributed by atoms with Crippen molar-refractivity contribution in [2.45, 2.75) is 11.1 Å². The van der Waals surface area contributed by atoms with Crippen LogP contribution in [0.2, 0.25) is 5.02 Å². The fraction of sp³-hybridized carbons (Fsp3) is 0.312. The third-order valence-electron chi connectivity index (χ3n) is 4.07. The topological polar surface area (TPSA) is 53.5 Å². The molecule has 0 amide bonds. The van der Waals surface area contributed by atoms with Crippen molar-refractivity contribution in [2.24, 2.45) is 0 Å². The van der Waals surface area contributed by atoms with Crippen molar-refractivity contribution < 1.29 is 21.6 Å². The number of pyridine rings is 1. The fourth-order valence-electron chi connectivity index (χ4n) is 2.70. The highest BCUT2D eigenvalue weighted by Gasteiger charge is 2.33. The van der Waals surface area contributed by atoms with Crippen LogP contribution in [0.15, 0.2) is 47.5 Å². The van der Waals surface area contributed by atoms with E-state index < -0.39 is 21.8 Å². The van der Waals surface area contributed by atoms with Gasteiger partial charge in [-0.1, -0.05) is 29.8 Å². The van der Waals surface area contributed by atoms with Crippen LogP contribution >= 0.6 is 11.6 Å². The largest absolute Gasteiger partial charge is 0.417 e. The average Bonchev–Trinajstić information content (AvgIpc) is 2.62. The van der Waals surface area contributed by atoms with Gasteiger partial charge in [-0.25, -0.2) is 13.4 Å². The van der Waals surface area contributed by atoms with Gasteiger partial charge >= 0.3 is 6.18 Å². The molecule has 3 rings (SSSR count). The summed E-state index contributed by atoms with van der Waals surface area (Å²) in [5, 5.41) is -0.112. The standard InChI is InChI=1S/C16H15ClF3N3O2S/c17-14-10-12(16(18,19)20)11-21-15(14)22-6-8-23(9-7-22)26(24,25)13-4-2-1-3-5-13/h1-5,10-11H,6-9H2. The molecule has 0 saturated carbocycles. The van der Waals surface area contributed by atoms with E-state index in [0.717, 1.165) is 12.3 Å². The molecule has 0 atom stereocenters. The summed E-state index contributed by atoms with van der Waals surface area (Å²) in [6.07, 6.45) is -3.79. The van der Waals surface area contributed by atoms with Crippen LogP contribution in [0, 0.1) is 0 Å². The highest BCUT2D eigenvalue weighted by atomic mass is 35.5. The van der Waals surface area contributed by atoms with Crippen LogP contribution in [-0.2, 0) is 16.2 Å². The second-order valence-electron chi connectivity index (χ2n) is 5.73. The normalized spacial score (nSPS) is 16.7. The van der Waals surface area contributed by atoms with Crippen molar-refractivity contribution in [3.63, 3.8) is 0 Å². The molecule has 26 heavy (non-hydrogen) atoms. The van der Waals surface area contributed by atoms with Crippen molar-refractivity contribution in [1.82, 2.24) is 9.29 Å². The Hall–Kier alpha value is -1.84. The molecule has 0 radical (unpaired) electrons. The third-order valence-corrected chi connectivity index (χ3v) is 6.26. The van der Waals surface area contributed by atoms with Gasteiger partial charge in [0.15, 0.2) is 0 Å². The molecule has 0 bridgehead atoms. The maximum Gasteiger partial charge on any atom is 0.417 e. The molecule has 0 aliphatic carbocycles. The minimum absolute atomic E-state index is 0.112. The van der Waals surface area contributed by atoms with Gasteiger partial charge < -0.3 is 4.90 Å². The van der Waals surface area contributed by atoms with Crippen LogP contribution in [0.5, 0.6) is 0 Å². The number of alkyl halides is 3. The highest BCUT2D eigenvalue weighted by Crippen LogP contribution is 2.34. The van der Waals surface area contributed by atoms with Gasteiger partial charge in [-0.2, -0.15) is 17.5 Å².